The number of nitrogens with zero attached hydrogens (tertiary/aromatic N) is 1. The third-order valence-electron chi connectivity index (χ3n) is 2.59. The Bertz CT molecular complexity index is 612. The highest BCUT2D eigenvalue weighted by Crippen LogP contribution is 2.32. The summed E-state index contributed by atoms with van der Waals surface area (Å²) >= 11 is 6.20. The number of carbonyl (C=O) groups is 2. The van der Waals surface area contributed by atoms with Crippen LogP contribution in [0.25, 0.3) is 6.08 Å². The van der Waals surface area contributed by atoms with Gasteiger partial charge < -0.3 is 10.2 Å². The lowest BCUT2D eigenvalue weighted by molar-refractivity contribution is -0.137. The summed E-state index contributed by atoms with van der Waals surface area (Å²) in [5.41, 5.74) is 0.684. The Morgan fingerprint density at radius 2 is 2.20 bits per heavy atom. The average molecular weight is 309 g/mol. The summed E-state index contributed by atoms with van der Waals surface area (Å²) in [7, 11) is 0. The minimum Gasteiger partial charge on any atom is -0.508 e. The molecule has 0 bridgehead atoms. The number of carboxylic acid groups (broad SMARTS) is 1. The quantitative estimate of drug-likeness (QED) is 0.655. The van der Waals surface area contributed by atoms with Crippen molar-refractivity contribution in [1.82, 2.24) is 4.90 Å². The van der Waals surface area contributed by atoms with Gasteiger partial charge in [-0.2, -0.15) is 0 Å². The fraction of sp³-hybridized carbons (Fsp3) is 0.154. The molecule has 1 heterocycles. The molecule has 0 aliphatic carbocycles. The highest BCUT2D eigenvalue weighted by Gasteiger charge is 2.31. The number of aromatic hydroxyl groups is 1. The summed E-state index contributed by atoms with van der Waals surface area (Å²) in [5.74, 6) is -1.17. The van der Waals surface area contributed by atoms with E-state index in [0.717, 1.165) is 11.8 Å². The largest absolute Gasteiger partial charge is 0.508 e. The Morgan fingerprint density at radius 1 is 1.45 bits per heavy atom. The number of thiocarbonyl (C=S) groups is 1. The number of aliphatic carboxylic acids is 1. The molecule has 2 N–H and O–H groups in total. The van der Waals surface area contributed by atoms with Crippen LogP contribution in [0.4, 0.5) is 0 Å². The predicted octanol–water partition coefficient (Wildman–Crippen LogP) is 2.07. The predicted molar refractivity (Wildman–Crippen MR) is 80.2 cm³/mol. The number of thioether (sulfide) groups is 1. The van der Waals surface area contributed by atoms with Gasteiger partial charge in [0, 0.05) is 6.54 Å². The van der Waals surface area contributed by atoms with Crippen LogP contribution in [0.5, 0.6) is 5.75 Å². The maximum absolute atomic E-state index is 12.1. The minimum atomic E-state index is -0.976. The second-order valence-corrected chi connectivity index (χ2v) is 5.75. The molecule has 0 unspecified atom stereocenters. The molecule has 0 spiro atoms. The van der Waals surface area contributed by atoms with Gasteiger partial charge in [-0.15, -0.1) is 0 Å². The summed E-state index contributed by atoms with van der Waals surface area (Å²) in [6, 6.07) is 6.50. The van der Waals surface area contributed by atoms with Gasteiger partial charge in [-0.3, -0.25) is 14.5 Å². The molecule has 0 radical (unpaired) electrons. The third kappa shape index (κ3) is 3.37. The molecule has 1 aromatic rings. The van der Waals surface area contributed by atoms with Crippen LogP contribution >= 0.6 is 24.0 Å². The van der Waals surface area contributed by atoms with Gasteiger partial charge in [0.25, 0.3) is 5.91 Å². The Kier molecular flexibility index (Phi) is 4.41. The fourth-order valence-electron chi connectivity index (χ4n) is 1.67. The van der Waals surface area contributed by atoms with Crippen LogP contribution in [-0.4, -0.2) is 37.9 Å². The number of phenols is 1. The van der Waals surface area contributed by atoms with Crippen molar-refractivity contribution < 1.29 is 19.8 Å². The van der Waals surface area contributed by atoms with Crippen molar-refractivity contribution in [3.05, 3.63) is 34.7 Å². The molecule has 1 aromatic carbocycles. The molecule has 20 heavy (non-hydrogen) atoms. The van der Waals surface area contributed by atoms with Gasteiger partial charge in [-0.05, 0) is 23.8 Å². The second-order valence-electron chi connectivity index (χ2n) is 4.07. The van der Waals surface area contributed by atoms with Crippen LogP contribution in [0.2, 0.25) is 0 Å². The molecular weight excluding hydrogens is 298 g/mol. The monoisotopic (exact) mass is 309 g/mol. The lowest BCUT2D eigenvalue weighted by atomic mass is 10.2. The SMILES string of the molecule is O=C(O)CCN1C(=O)/C(=C\c2cccc(O)c2)SC1=S. The van der Waals surface area contributed by atoms with E-state index in [2.05, 4.69) is 0 Å². The van der Waals surface area contributed by atoms with Crippen LogP contribution in [-0.2, 0) is 9.59 Å². The Morgan fingerprint density at radius 3 is 2.85 bits per heavy atom. The van der Waals surface area contributed by atoms with Crippen molar-refractivity contribution in [3.63, 3.8) is 0 Å². The zero-order valence-electron chi connectivity index (χ0n) is 10.3. The van der Waals surface area contributed by atoms with Gasteiger partial charge in [-0.1, -0.05) is 36.1 Å². The van der Waals surface area contributed by atoms with E-state index in [-0.39, 0.29) is 24.6 Å². The van der Waals surface area contributed by atoms with Crippen molar-refractivity contribution in [2.75, 3.05) is 6.54 Å². The van der Waals surface area contributed by atoms with Gasteiger partial charge in [0.05, 0.1) is 11.3 Å². The molecule has 1 fully saturated rings. The number of amides is 1. The summed E-state index contributed by atoms with van der Waals surface area (Å²) in [5, 5.41) is 18.0. The summed E-state index contributed by atoms with van der Waals surface area (Å²) in [6.07, 6.45) is 1.48. The normalized spacial score (nSPS) is 17.0. The zero-order chi connectivity index (χ0) is 14.7. The zero-order valence-corrected chi connectivity index (χ0v) is 11.9. The molecule has 1 aliphatic heterocycles. The maximum Gasteiger partial charge on any atom is 0.305 e. The van der Waals surface area contributed by atoms with Gasteiger partial charge in [0.15, 0.2) is 0 Å². The lowest BCUT2D eigenvalue weighted by Gasteiger charge is -2.12. The molecule has 7 heteroatoms. The van der Waals surface area contributed by atoms with Crippen molar-refractivity contribution in [2.24, 2.45) is 0 Å². The number of carboxylic acids is 1. The molecule has 1 amide bonds. The molecule has 0 saturated carbocycles. The highest BCUT2D eigenvalue weighted by molar-refractivity contribution is 8.26. The third-order valence-corrected chi connectivity index (χ3v) is 3.97. The molecule has 1 aliphatic rings. The molecular formula is C13H11NO4S2. The lowest BCUT2D eigenvalue weighted by Crippen LogP contribution is -2.30. The second kappa shape index (κ2) is 6.06. The Balaban J connectivity index is 2.17. The molecule has 0 atom stereocenters. The number of carbonyl (C=O) groups excluding carboxylic acids is 1. The van der Waals surface area contributed by atoms with E-state index in [1.165, 1.54) is 17.0 Å². The topological polar surface area (TPSA) is 77.8 Å². The summed E-state index contributed by atoms with van der Waals surface area (Å²) in [4.78, 5) is 24.4. The van der Waals surface area contributed by atoms with Gasteiger partial charge in [-0.25, -0.2) is 0 Å². The van der Waals surface area contributed by atoms with E-state index >= 15 is 0 Å². The van der Waals surface area contributed by atoms with Crippen LogP contribution in [0, 0.1) is 0 Å². The highest BCUT2D eigenvalue weighted by atomic mass is 32.2. The molecule has 2 rings (SSSR count). The number of rotatable bonds is 4. The number of phenolic OH excluding ortho intramolecular Hbond substituents is 1. The van der Waals surface area contributed by atoms with E-state index in [1.807, 2.05) is 0 Å². The van der Waals surface area contributed by atoms with Crippen molar-refractivity contribution in [2.45, 2.75) is 6.42 Å². The van der Waals surface area contributed by atoms with Crippen molar-refractivity contribution >= 4 is 46.3 Å². The van der Waals surface area contributed by atoms with Crippen LogP contribution in [0.15, 0.2) is 29.2 Å². The average Bonchev–Trinajstić information content (AvgIpc) is 2.62. The molecule has 104 valence electrons. The van der Waals surface area contributed by atoms with Crippen LogP contribution in [0.3, 0.4) is 0 Å². The first-order chi connectivity index (χ1) is 9.47. The van der Waals surface area contributed by atoms with E-state index in [9.17, 15) is 14.7 Å². The minimum absolute atomic E-state index is 0.0668. The van der Waals surface area contributed by atoms with Crippen molar-refractivity contribution in [1.29, 1.82) is 0 Å². The Hall–Kier alpha value is -1.86. The first kappa shape index (κ1) is 14.5. The van der Waals surface area contributed by atoms with Gasteiger partial charge in [0.1, 0.15) is 10.1 Å². The van der Waals surface area contributed by atoms with E-state index in [4.69, 9.17) is 17.3 Å². The van der Waals surface area contributed by atoms with E-state index < -0.39 is 5.97 Å². The summed E-state index contributed by atoms with van der Waals surface area (Å²) < 4.78 is 0.350. The standard InChI is InChI=1S/C13H11NO4S2/c15-9-3-1-2-8(6-9)7-10-12(18)14(13(19)20-10)5-4-11(16)17/h1-3,6-7,15H,4-5H2,(H,16,17)/b10-7+. The smallest absolute Gasteiger partial charge is 0.305 e. The molecule has 1 saturated heterocycles. The van der Waals surface area contributed by atoms with Gasteiger partial charge in [0.2, 0.25) is 0 Å². The van der Waals surface area contributed by atoms with Gasteiger partial charge >= 0.3 is 5.97 Å². The number of benzene rings is 1. The van der Waals surface area contributed by atoms with E-state index in [0.29, 0.717) is 14.8 Å². The number of hydrogen-bond acceptors (Lipinski definition) is 5. The maximum atomic E-state index is 12.1. The van der Waals surface area contributed by atoms with E-state index in [1.54, 1.807) is 18.2 Å². The fourth-order valence-corrected chi connectivity index (χ4v) is 2.97. The number of hydrogen-bond donors (Lipinski definition) is 2. The van der Waals surface area contributed by atoms with Crippen LogP contribution < -0.4 is 0 Å². The first-order valence-corrected chi connectivity index (χ1v) is 6.96. The van der Waals surface area contributed by atoms with Crippen LogP contribution in [0.1, 0.15) is 12.0 Å². The van der Waals surface area contributed by atoms with Crippen molar-refractivity contribution in [3.8, 4) is 5.75 Å². The molecule has 0 aromatic heterocycles. The Labute approximate surface area is 124 Å². The first-order valence-electron chi connectivity index (χ1n) is 5.73. The summed E-state index contributed by atoms with van der Waals surface area (Å²) in [6.45, 7) is 0.0668. The molecule has 5 nitrogen and oxygen atoms in total.